The van der Waals surface area contributed by atoms with Crippen molar-refractivity contribution in [2.75, 3.05) is 43.0 Å². The summed E-state index contributed by atoms with van der Waals surface area (Å²) in [5.41, 5.74) is 0.746. The van der Waals surface area contributed by atoms with Crippen LogP contribution in [0.2, 0.25) is 0 Å². The van der Waals surface area contributed by atoms with Crippen molar-refractivity contribution in [2.45, 2.75) is 19.6 Å². The van der Waals surface area contributed by atoms with E-state index >= 15 is 0 Å². The molecule has 2 heterocycles. The number of nitrogens with zero attached hydrogens (tertiary/aromatic N) is 5. The molecule has 10 heteroatoms. The van der Waals surface area contributed by atoms with E-state index in [4.69, 9.17) is 4.74 Å². The lowest BCUT2D eigenvalue weighted by Crippen LogP contribution is -2.46. The standard InChI is InChI=1S/C23H25F3N6O/c1-2-33-22-29-20(27-19-10-6-9-18(15-19)23(24,25)26)28-21(30-22)32-13-11-31(12-14-32)16-17-7-4-3-5-8-17/h3-10,15H,2,11-14,16H2,1H3,(H,27,28,29,30). The third-order valence-electron chi connectivity index (χ3n) is 5.23. The van der Waals surface area contributed by atoms with Crippen LogP contribution in [0.25, 0.3) is 0 Å². The Bertz CT molecular complexity index is 1060. The van der Waals surface area contributed by atoms with E-state index in [1.807, 2.05) is 30.0 Å². The molecule has 0 atom stereocenters. The molecule has 4 rings (SSSR count). The van der Waals surface area contributed by atoms with E-state index in [1.54, 1.807) is 0 Å². The lowest BCUT2D eigenvalue weighted by molar-refractivity contribution is -0.137. The lowest BCUT2D eigenvalue weighted by atomic mass is 10.2. The Hall–Kier alpha value is -3.40. The first-order valence-corrected chi connectivity index (χ1v) is 10.7. The number of hydrogen-bond acceptors (Lipinski definition) is 7. The van der Waals surface area contributed by atoms with Gasteiger partial charge in [0.05, 0.1) is 12.2 Å². The molecule has 0 saturated carbocycles. The molecule has 1 fully saturated rings. The minimum absolute atomic E-state index is 0.128. The highest BCUT2D eigenvalue weighted by atomic mass is 19.4. The van der Waals surface area contributed by atoms with Crippen LogP contribution in [0.15, 0.2) is 54.6 Å². The van der Waals surface area contributed by atoms with Crippen LogP contribution in [0, 0.1) is 0 Å². The molecular formula is C23H25F3N6O. The molecule has 0 aliphatic carbocycles. The zero-order valence-corrected chi connectivity index (χ0v) is 18.2. The summed E-state index contributed by atoms with van der Waals surface area (Å²) in [6.07, 6.45) is -4.43. The van der Waals surface area contributed by atoms with Crippen LogP contribution in [-0.4, -0.2) is 52.6 Å². The fourth-order valence-corrected chi connectivity index (χ4v) is 3.59. The van der Waals surface area contributed by atoms with E-state index < -0.39 is 11.7 Å². The van der Waals surface area contributed by atoms with Crippen molar-refractivity contribution >= 4 is 17.6 Å². The van der Waals surface area contributed by atoms with Gasteiger partial charge in [0.25, 0.3) is 0 Å². The van der Waals surface area contributed by atoms with Crippen molar-refractivity contribution < 1.29 is 17.9 Å². The Morgan fingerprint density at radius 2 is 1.70 bits per heavy atom. The van der Waals surface area contributed by atoms with E-state index in [0.717, 1.165) is 31.8 Å². The van der Waals surface area contributed by atoms with Gasteiger partial charge in [-0.05, 0) is 30.7 Å². The average molecular weight is 458 g/mol. The second kappa shape index (κ2) is 10.0. The highest BCUT2D eigenvalue weighted by Crippen LogP contribution is 2.31. The molecule has 0 bridgehead atoms. The molecule has 0 radical (unpaired) electrons. The summed E-state index contributed by atoms with van der Waals surface area (Å²) in [7, 11) is 0. The molecular weight excluding hydrogens is 433 g/mol. The van der Waals surface area contributed by atoms with Crippen LogP contribution in [0.3, 0.4) is 0 Å². The maximum atomic E-state index is 13.0. The number of nitrogens with one attached hydrogen (secondary N) is 1. The largest absolute Gasteiger partial charge is 0.464 e. The first-order chi connectivity index (χ1) is 15.9. The molecule has 174 valence electrons. The van der Waals surface area contributed by atoms with Crippen LogP contribution >= 0.6 is 0 Å². The Labute approximate surface area is 190 Å². The van der Waals surface area contributed by atoms with Crippen LogP contribution in [-0.2, 0) is 12.7 Å². The van der Waals surface area contributed by atoms with Gasteiger partial charge in [-0.15, -0.1) is 0 Å². The minimum atomic E-state index is -4.43. The number of benzene rings is 2. The highest BCUT2D eigenvalue weighted by Gasteiger charge is 2.30. The number of halogens is 3. The molecule has 1 saturated heterocycles. The van der Waals surface area contributed by atoms with Gasteiger partial charge >= 0.3 is 12.2 Å². The Balaban J connectivity index is 1.48. The summed E-state index contributed by atoms with van der Waals surface area (Å²) in [6.45, 7) is 6.14. The minimum Gasteiger partial charge on any atom is -0.464 e. The van der Waals surface area contributed by atoms with Gasteiger partial charge in [0.2, 0.25) is 11.9 Å². The van der Waals surface area contributed by atoms with Crippen molar-refractivity contribution in [3.05, 3.63) is 65.7 Å². The third kappa shape index (κ3) is 6.10. The highest BCUT2D eigenvalue weighted by molar-refractivity contribution is 5.56. The summed E-state index contributed by atoms with van der Waals surface area (Å²) in [5.74, 6) is 0.566. The average Bonchev–Trinajstić information content (AvgIpc) is 2.80. The second-order valence-corrected chi connectivity index (χ2v) is 7.63. The van der Waals surface area contributed by atoms with Gasteiger partial charge in [-0.1, -0.05) is 36.4 Å². The first kappa shape index (κ1) is 22.8. The molecule has 0 amide bonds. The monoisotopic (exact) mass is 458 g/mol. The number of alkyl halides is 3. The van der Waals surface area contributed by atoms with E-state index in [-0.39, 0.29) is 17.6 Å². The Morgan fingerprint density at radius 3 is 2.39 bits per heavy atom. The number of aromatic nitrogens is 3. The van der Waals surface area contributed by atoms with Crippen LogP contribution in [0.1, 0.15) is 18.1 Å². The van der Waals surface area contributed by atoms with Gasteiger partial charge in [0.1, 0.15) is 0 Å². The van der Waals surface area contributed by atoms with Crippen LogP contribution < -0.4 is 15.0 Å². The van der Waals surface area contributed by atoms with E-state index in [0.29, 0.717) is 25.6 Å². The predicted molar refractivity (Wildman–Crippen MR) is 120 cm³/mol. The molecule has 0 unspecified atom stereocenters. The predicted octanol–water partition coefficient (Wildman–Crippen LogP) is 4.35. The van der Waals surface area contributed by atoms with E-state index in [9.17, 15) is 13.2 Å². The summed E-state index contributed by atoms with van der Waals surface area (Å²) >= 11 is 0. The zero-order chi connectivity index (χ0) is 23.3. The molecule has 2 aromatic carbocycles. The van der Waals surface area contributed by atoms with Gasteiger partial charge in [0, 0.05) is 38.4 Å². The van der Waals surface area contributed by atoms with Gasteiger partial charge in [-0.25, -0.2) is 0 Å². The van der Waals surface area contributed by atoms with E-state index in [2.05, 4.69) is 37.3 Å². The number of hydrogen-bond donors (Lipinski definition) is 1. The van der Waals surface area contributed by atoms with Crippen molar-refractivity contribution in [2.24, 2.45) is 0 Å². The molecule has 0 spiro atoms. The maximum Gasteiger partial charge on any atom is 0.416 e. The van der Waals surface area contributed by atoms with Crippen molar-refractivity contribution in [3.63, 3.8) is 0 Å². The van der Waals surface area contributed by atoms with Gasteiger partial charge < -0.3 is 15.0 Å². The van der Waals surface area contributed by atoms with Gasteiger partial charge in [-0.2, -0.15) is 28.1 Å². The lowest BCUT2D eigenvalue weighted by Gasteiger charge is -2.34. The molecule has 33 heavy (non-hydrogen) atoms. The fraction of sp³-hybridized carbons (Fsp3) is 0.348. The topological polar surface area (TPSA) is 66.4 Å². The van der Waals surface area contributed by atoms with E-state index in [1.165, 1.54) is 17.7 Å². The molecule has 3 aromatic rings. The maximum absolute atomic E-state index is 13.0. The molecule has 1 N–H and O–H groups in total. The number of piperazine rings is 1. The molecule has 1 aliphatic rings. The summed E-state index contributed by atoms with van der Waals surface area (Å²) in [6, 6.07) is 15.3. The second-order valence-electron chi connectivity index (χ2n) is 7.63. The Kier molecular flexibility index (Phi) is 6.93. The van der Waals surface area contributed by atoms with Crippen molar-refractivity contribution in [1.82, 2.24) is 19.9 Å². The fourth-order valence-electron chi connectivity index (χ4n) is 3.59. The quantitative estimate of drug-likeness (QED) is 0.565. The smallest absolute Gasteiger partial charge is 0.416 e. The normalized spacial score (nSPS) is 14.8. The van der Waals surface area contributed by atoms with Crippen molar-refractivity contribution in [1.29, 1.82) is 0 Å². The SMILES string of the molecule is CCOc1nc(Nc2cccc(C(F)(F)F)c2)nc(N2CCN(Cc3ccccc3)CC2)n1. The Morgan fingerprint density at radius 1 is 0.939 bits per heavy atom. The number of anilines is 3. The summed E-state index contributed by atoms with van der Waals surface area (Å²) in [4.78, 5) is 17.4. The molecule has 7 nitrogen and oxygen atoms in total. The first-order valence-electron chi connectivity index (χ1n) is 10.7. The zero-order valence-electron chi connectivity index (χ0n) is 18.2. The van der Waals surface area contributed by atoms with Crippen LogP contribution in [0.5, 0.6) is 6.01 Å². The molecule has 1 aromatic heterocycles. The number of rotatable bonds is 7. The molecule has 1 aliphatic heterocycles. The summed E-state index contributed by atoms with van der Waals surface area (Å²) < 4.78 is 44.6. The van der Waals surface area contributed by atoms with Crippen LogP contribution in [0.4, 0.5) is 30.8 Å². The van der Waals surface area contributed by atoms with Gasteiger partial charge in [-0.3, -0.25) is 4.90 Å². The van der Waals surface area contributed by atoms with Crippen molar-refractivity contribution in [3.8, 4) is 6.01 Å². The van der Waals surface area contributed by atoms with Gasteiger partial charge in [0.15, 0.2) is 0 Å². The summed E-state index contributed by atoms with van der Waals surface area (Å²) in [5, 5.41) is 2.86. The number of ether oxygens (including phenoxy) is 1. The third-order valence-corrected chi connectivity index (χ3v) is 5.23.